The molecular formula is C18H25NO3. The van der Waals surface area contributed by atoms with Gasteiger partial charge < -0.3 is 9.47 Å². The number of benzene rings is 1. The number of hydrogen-bond donors (Lipinski definition) is 0. The third-order valence-corrected chi connectivity index (χ3v) is 4.84. The van der Waals surface area contributed by atoms with Crippen molar-refractivity contribution in [3.8, 4) is 5.75 Å². The highest BCUT2D eigenvalue weighted by molar-refractivity contribution is 5.78. The lowest BCUT2D eigenvalue weighted by Crippen LogP contribution is -2.46. The van der Waals surface area contributed by atoms with Gasteiger partial charge >= 0.3 is 5.97 Å². The second-order valence-corrected chi connectivity index (χ2v) is 6.60. The van der Waals surface area contributed by atoms with Gasteiger partial charge in [0.1, 0.15) is 24.0 Å². The fraction of sp³-hybridized carbons (Fsp3) is 0.611. The van der Waals surface area contributed by atoms with Gasteiger partial charge in [-0.25, -0.2) is 0 Å². The van der Waals surface area contributed by atoms with Gasteiger partial charge in [-0.15, -0.1) is 0 Å². The number of nitrogens with zero attached hydrogens (tertiary/aromatic N) is 1. The van der Waals surface area contributed by atoms with Gasteiger partial charge in [-0.05, 0) is 56.9 Å². The van der Waals surface area contributed by atoms with Crippen LogP contribution in [-0.4, -0.2) is 42.2 Å². The van der Waals surface area contributed by atoms with Gasteiger partial charge in [0.2, 0.25) is 0 Å². The first-order valence-electron chi connectivity index (χ1n) is 8.21. The van der Waals surface area contributed by atoms with Crippen molar-refractivity contribution in [1.82, 2.24) is 4.90 Å². The molecule has 0 aliphatic carbocycles. The van der Waals surface area contributed by atoms with E-state index in [1.165, 1.54) is 11.1 Å². The molecule has 2 saturated heterocycles. The van der Waals surface area contributed by atoms with Crippen LogP contribution in [0.2, 0.25) is 0 Å². The minimum Gasteiger partial charge on any atom is -0.490 e. The molecule has 1 aromatic rings. The predicted molar refractivity (Wildman–Crippen MR) is 85.1 cm³/mol. The summed E-state index contributed by atoms with van der Waals surface area (Å²) in [6.07, 6.45) is 3.05. The van der Waals surface area contributed by atoms with E-state index >= 15 is 0 Å². The summed E-state index contributed by atoms with van der Waals surface area (Å²) in [5.74, 6) is 0.900. The standard InChI is InChI=1S/C18H25NO3/c1-12-4-5-16(10-13(12)2)22-15-6-8-19(9-7-15)17-11-14(3)21-18(17)20/h4-5,10,14-15,17H,6-9,11H2,1-3H3/t14-,17+/m0/s1. The normalized spacial score (nSPS) is 27.0. The Hall–Kier alpha value is -1.55. The van der Waals surface area contributed by atoms with E-state index in [4.69, 9.17) is 9.47 Å². The summed E-state index contributed by atoms with van der Waals surface area (Å²) in [6, 6.07) is 6.22. The van der Waals surface area contributed by atoms with Crippen LogP contribution in [0.5, 0.6) is 5.75 Å². The van der Waals surface area contributed by atoms with Gasteiger partial charge in [0.05, 0.1) is 0 Å². The number of rotatable bonds is 3. The van der Waals surface area contributed by atoms with Gasteiger partial charge in [-0.1, -0.05) is 6.07 Å². The lowest BCUT2D eigenvalue weighted by Gasteiger charge is -2.34. The number of ether oxygens (including phenoxy) is 2. The first-order chi connectivity index (χ1) is 10.5. The fourth-order valence-electron chi connectivity index (χ4n) is 3.32. The molecule has 2 atom stereocenters. The van der Waals surface area contributed by atoms with Crippen molar-refractivity contribution in [3.05, 3.63) is 29.3 Å². The van der Waals surface area contributed by atoms with Crippen molar-refractivity contribution in [2.75, 3.05) is 13.1 Å². The number of esters is 1. The van der Waals surface area contributed by atoms with E-state index < -0.39 is 0 Å². The van der Waals surface area contributed by atoms with E-state index in [0.29, 0.717) is 0 Å². The molecule has 3 rings (SSSR count). The zero-order valence-electron chi connectivity index (χ0n) is 13.7. The van der Waals surface area contributed by atoms with Crippen molar-refractivity contribution < 1.29 is 14.3 Å². The summed E-state index contributed by atoms with van der Waals surface area (Å²) in [6.45, 7) is 7.99. The van der Waals surface area contributed by atoms with E-state index in [9.17, 15) is 4.79 Å². The Morgan fingerprint density at radius 3 is 2.50 bits per heavy atom. The van der Waals surface area contributed by atoms with E-state index in [1.54, 1.807) is 0 Å². The Kier molecular flexibility index (Phi) is 4.39. The second-order valence-electron chi connectivity index (χ2n) is 6.60. The zero-order chi connectivity index (χ0) is 15.7. The zero-order valence-corrected chi connectivity index (χ0v) is 13.7. The highest BCUT2D eigenvalue weighted by atomic mass is 16.6. The molecule has 22 heavy (non-hydrogen) atoms. The minimum absolute atomic E-state index is 0.0439. The van der Waals surface area contributed by atoms with Crippen LogP contribution in [0.15, 0.2) is 18.2 Å². The molecule has 0 unspecified atom stereocenters. The van der Waals surface area contributed by atoms with Crippen LogP contribution in [0.1, 0.15) is 37.3 Å². The maximum atomic E-state index is 11.8. The van der Waals surface area contributed by atoms with Gasteiger partial charge in [0, 0.05) is 19.5 Å². The van der Waals surface area contributed by atoms with Gasteiger partial charge in [-0.2, -0.15) is 0 Å². The molecule has 2 fully saturated rings. The van der Waals surface area contributed by atoms with Gasteiger partial charge in [-0.3, -0.25) is 9.69 Å². The molecule has 2 heterocycles. The molecule has 0 bridgehead atoms. The molecule has 0 radical (unpaired) electrons. The largest absolute Gasteiger partial charge is 0.490 e. The Morgan fingerprint density at radius 1 is 1.18 bits per heavy atom. The lowest BCUT2D eigenvalue weighted by molar-refractivity contribution is -0.145. The number of piperidine rings is 1. The van der Waals surface area contributed by atoms with Crippen LogP contribution < -0.4 is 4.74 Å². The molecule has 0 aromatic heterocycles. The third kappa shape index (κ3) is 3.27. The molecule has 4 heteroatoms. The Balaban J connectivity index is 1.53. The molecule has 2 aliphatic heterocycles. The number of aryl methyl sites for hydroxylation is 2. The van der Waals surface area contributed by atoms with Crippen LogP contribution in [0.4, 0.5) is 0 Å². The molecule has 0 N–H and O–H groups in total. The van der Waals surface area contributed by atoms with Crippen LogP contribution in [-0.2, 0) is 9.53 Å². The number of likely N-dealkylation sites (tertiary alicyclic amines) is 1. The monoisotopic (exact) mass is 303 g/mol. The summed E-state index contributed by atoms with van der Waals surface area (Å²) < 4.78 is 11.4. The van der Waals surface area contributed by atoms with Crippen molar-refractivity contribution >= 4 is 5.97 Å². The average Bonchev–Trinajstić information content (AvgIpc) is 2.83. The number of cyclic esters (lactones) is 1. The summed E-state index contributed by atoms with van der Waals surface area (Å²) >= 11 is 0. The molecular weight excluding hydrogens is 278 g/mol. The van der Waals surface area contributed by atoms with Crippen molar-refractivity contribution in [3.63, 3.8) is 0 Å². The first kappa shape index (κ1) is 15.3. The Labute approximate surface area is 132 Å². The quantitative estimate of drug-likeness (QED) is 0.805. The van der Waals surface area contributed by atoms with Crippen LogP contribution in [0.3, 0.4) is 0 Å². The first-order valence-corrected chi connectivity index (χ1v) is 8.21. The van der Waals surface area contributed by atoms with Gasteiger partial charge in [0.15, 0.2) is 0 Å². The molecule has 1 aromatic carbocycles. The highest BCUT2D eigenvalue weighted by Gasteiger charge is 2.38. The molecule has 0 spiro atoms. The topological polar surface area (TPSA) is 38.8 Å². The van der Waals surface area contributed by atoms with Crippen molar-refractivity contribution in [2.45, 2.75) is 58.3 Å². The summed E-state index contributed by atoms with van der Waals surface area (Å²) in [7, 11) is 0. The van der Waals surface area contributed by atoms with E-state index in [2.05, 4.69) is 30.9 Å². The van der Waals surface area contributed by atoms with Crippen LogP contribution in [0.25, 0.3) is 0 Å². The molecule has 4 nitrogen and oxygen atoms in total. The minimum atomic E-state index is -0.0546. The highest BCUT2D eigenvalue weighted by Crippen LogP contribution is 2.26. The van der Waals surface area contributed by atoms with E-state index in [1.807, 2.05) is 13.0 Å². The van der Waals surface area contributed by atoms with Crippen molar-refractivity contribution in [2.24, 2.45) is 0 Å². The van der Waals surface area contributed by atoms with Gasteiger partial charge in [0.25, 0.3) is 0 Å². The van der Waals surface area contributed by atoms with Crippen molar-refractivity contribution in [1.29, 1.82) is 0 Å². The maximum Gasteiger partial charge on any atom is 0.323 e. The number of carbonyl (C=O) groups excluding carboxylic acids is 1. The Bertz CT molecular complexity index is 549. The molecule has 0 amide bonds. The maximum absolute atomic E-state index is 11.8. The lowest BCUT2D eigenvalue weighted by atomic mass is 10.0. The SMILES string of the molecule is Cc1ccc(OC2CCN([C@@H]3C[C@H](C)OC3=O)CC2)cc1C. The molecule has 2 aliphatic rings. The second kappa shape index (κ2) is 6.29. The fourth-order valence-corrected chi connectivity index (χ4v) is 3.32. The molecule has 0 saturated carbocycles. The predicted octanol–water partition coefficient (Wildman–Crippen LogP) is 2.85. The summed E-state index contributed by atoms with van der Waals surface area (Å²) in [4.78, 5) is 14.1. The smallest absolute Gasteiger partial charge is 0.323 e. The number of hydrogen-bond acceptors (Lipinski definition) is 4. The van der Waals surface area contributed by atoms with E-state index in [-0.39, 0.29) is 24.2 Å². The molecule has 120 valence electrons. The van der Waals surface area contributed by atoms with Crippen LogP contribution >= 0.6 is 0 Å². The third-order valence-electron chi connectivity index (χ3n) is 4.84. The summed E-state index contributed by atoms with van der Waals surface area (Å²) in [5, 5.41) is 0. The average molecular weight is 303 g/mol. The Morgan fingerprint density at radius 2 is 1.91 bits per heavy atom. The van der Waals surface area contributed by atoms with Crippen LogP contribution in [0, 0.1) is 13.8 Å². The number of carbonyl (C=O) groups is 1. The summed E-state index contributed by atoms with van der Waals surface area (Å²) in [5.41, 5.74) is 2.55. The van der Waals surface area contributed by atoms with E-state index in [0.717, 1.165) is 38.1 Å².